The molecular weight excluding hydrogens is 342 g/mol. The van der Waals surface area contributed by atoms with Crippen molar-refractivity contribution in [3.63, 3.8) is 0 Å². The van der Waals surface area contributed by atoms with Crippen molar-refractivity contribution in [3.8, 4) is 11.3 Å². The summed E-state index contributed by atoms with van der Waals surface area (Å²) in [5.41, 5.74) is 3.26. The van der Waals surface area contributed by atoms with E-state index in [1.807, 2.05) is 35.2 Å². The molecule has 0 bridgehead atoms. The van der Waals surface area contributed by atoms with Crippen molar-refractivity contribution in [2.24, 2.45) is 0 Å². The highest BCUT2D eigenvalue weighted by Gasteiger charge is 2.52. The molecule has 1 aliphatic carbocycles. The Hall–Kier alpha value is -2.18. The van der Waals surface area contributed by atoms with E-state index in [4.69, 9.17) is 9.47 Å². The molecule has 1 aromatic carbocycles. The fraction of sp³-hybridized carbons (Fsp3) is 0.524. The predicted octanol–water partition coefficient (Wildman–Crippen LogP) is 3.18. The van der Waals surface area contributed by atoms with Gasteiger partial charge in [0.05, 0.1) is 23.4 Å². The molecule has 1 saturated heterocycles. The SMILES string of the molecule is CO[C@H]1CC[C@@]2(OC)CCN(C(=O)c3cc(-c4ccc(C)cc4)n[nH]3)[C@H]2C1. The lowest BCUT2D eigenvalue weighted by Crippen LogP contribution is -2.53. The molecule has 6 heteroatoms. The van der Waals surface area contributed by atoms with Gasteiger partial charge in [0, 0.05) is 26.3 Å². The van der Waals surface area contributed by atoms with Crippen LogP contribution in [0, 0.1) is 6.92 Å². The maximum absolute atomic E-state index is 13.2. The van der Waals surface area contributed by atoms with Crippen LogP contribution < -0.4 is 0 Å². The molecule has 0 radical (unpaired) electrons. The summed E-state index contributed by atoms with van der Waals surface area (Å²) in [6.07, 6.45) is 3.76. The van der Waals surface area contributed by atoms with Gasteiger partial charge < -0.3 is 14.4 Å². The van der Waals surface area contributed by atoms with Crippen LogP contribution in [0.1, 0.15) is 41.7 Å². The van der Waals surface area contributed by atoms with Gasteiger partial charge in [0.1, 0.15) is 5.69 Å². The molecule has 1 aromatic heterocycles. The van der Waals surface area contributed by atoms with Gasteiger partial charge in [-0.15, -0.1) is 0 Å². The van der Waals surface area contributed by atoms with E-state index in [1.54, 1.807) is 14.2 Å². The van der Waals surface area contributed by atoms with Crippen LogP contribution in [-0.2, 0) is 9.47 Å². The molecule has 144 valence electrons. The molecule has 2 fully saturated rings. The van der Waals surface area contributed by atoms with Crippen molar-refractivity contribution < 1.29 is 14.3 Å². The Morgan fingerprint density at radius 1 is 1.26 bits per heavy atom. The van der Waals surface area contributed by atoms with Crippen LogP contribution in [0.2, 0.25) is 0 Å². The van der Waals surface area contributed by atoms with Gasteiger partial charge in [-0.25, -0.2) is 0 Å². The number of aryl methyl sites for hydroxylation is 1. The molecule has 0 unspecified atom stereocenters. The normalized spacial score (nSPS) is 27.6. The van der Waals surface area contributed by atoms with Crippen LogP contribution in [0.15, 0.2) is 30.3 Å². The van der Waals surface area contributed by atoms with Crippen LogP contribution in [0.5, 0.6) is 0 Å². The smallest absolute Gasteiger partial charge is 0.272 e. The fourth-order valence-electron chi connectivity index (χ4n) is 4.58. The zero-order valence-corrected chi connectivity index (χ0v) is 16.2. The standard InChI is InChI=1S/C21H27N3O3/c1-14-4-6-15(7-5-14)17-13-18(23-22-17)20(25)24-11-10-21(27-3)9-8-16(26-2)12-19(21)24/h4-7,13,16,19H,8-12H2,1-3H3,(H,22,23)/t16-,19-,21+/m0/s1. The van der Waals surface area contributed by atoms with Crippen LogP contribution in [-0.4, -0.2) is 59.5 Å². The molecule has 1 aliphatic heterocycles. The highest BCUT2D eigenvalue weighted by molar-refractivity contribution is 5.94. The van der Waals surface area contributed by atoms with Crippen molar-refractivity contribution >= 4 is 5.91 Å². The van der Waals surface area contributed by atoms with Crippen LogP contribution in [0.4, 0.5) is 0 Å². The minimum absolute atomic E-state index is 0.0125. The number of hydrogen-bond acceptors (Lipinski definition) is 4. The van der Waals surface area contributed by atoms with E-state index in [1.165, 1.54) is 5.56 Å². The Morgan fingerprint density at radius 3 is 2.74 bits per heavy atom. The Morgan fingerprint density at radius 2 is 2.04 bits per heavy atom. The number of carbonyl (C=O) groups excluding carboxylic acids is 1. The first-order valence-electron chi connectivity index (χ1n) is 9.57. The summed E-state index contributed by atoms with van der Waals surface area (Å²) >= 11 is 0. The van der Waals surface area contributed by atoms with Gasteiger partial charge >= 0.3 is 0 Å². The second-order valence-electron chi connectivity index (χ2n) is 7.70. The zero-order valence-electron chi connectivity index (χ0n) is 16.2. The monoisotopic (exact) mass is 369 g/mol. The van der Waals surface area contributed by atoms with E-state index >= 15 is 0 Å². The summed E-state index contributed by atoms with van der Waals surface area (Å²) in [5, 5.41) is 7.29. The van der Waals surface area contributed by atoms with Gasteiger partial charge in [-0.1, -0.05) is 29.8 Å². The van der Waals surface area contributed by atoms with Crippen molar-refractivity contribution in [2.45, 2.75) is 50.4 Å². The van der Waals surface area contributed by atoms with Crippen molar-refractivity contribution in [1.82, 2.24) is 15.1 Å². The number of aromatic nitrogens is 2. The van der Waals surface area contributed by atoms with Gasteiger partial charge in [0.2, 0.25) is 0 Å². The first kappa shape index (κ1) is 18.2. The molecular formula is C21H27N3O3. The number of methoxy groups -OCH3 is 2. The predicted molar refractivity (Wildman–Crippen MR) is 103 cm³/mol. The average molecular weight is 369 g/mol. The number of benzene rings is 1. The number of fused-ring (bicyclic) bond motifs is 1. The highest BCUT2D eigenvalue weighted by atomic mass is 16.5. The van der Waals surface area contributed by atoms with E-state index in [-0.39, 0.29) is 23.7 Å². The Labute approximate surface area is 159 Å². The number of carbonyl (C=O) groups is 1. The zero-order chi connectivity index (χ0) is 19.0. The summed E-state index contributed by atoms with van der Waals surface area (Å²) in [6, 6.07) is 10.0. The first-order valence-corrected chi connectivity index (χ1v) is 9.57. The van der Waals surface area contributed by atoms with Crippen LogP contribution in [0.25, 0.3) is 11.3 Å². The van der Waals surface area contributed by atoms with Gasteiger partial charge in [0.15, 0.2) is 0 Å². The van der Waals surface area contributed by atoms with Gasteiger partial charge in [-0.2, -0.15) is 5.10 Å². The summed E-state index contributed by atoms with van der Waals surface area (Å²) in [5.74, 6) is -0.0125. The minimum Gasteiger partial charge on any atom is -0.381 e. The number of aromatic amines is 1. The number of H-pyrrole nitrogens is 1. The third-order valence-corrected chi connectivity index (χ3v) is 6.29. The number of nitrogens with zero attached hydrogens (tertiary/aromatic N) is 2. The Bertz CT molecular complexity index is 816. The molecule has 1 amide bonds. The third kappa shape index (κ3) is 3.17. The van der Waals surface area contributed by atoms with Gasteiger partial charge in [-0.05, 0) is 38.7 Å². The van der Waals surface area contributed by atoms with E-state index in [9.17, 15) is 4.79 Å². The molecule has 0 spiro atoms. The lowest BCUT2D eigenvalue weighted by atomic mass is 9.79. The number of rotatable bonds is 4. The molecule has 6 nitrogen and oxygen atoms in total. The maximum atomic E-state index is 13.2. The maximum Gasteiger partial charge on any atom is 0.272 e. The molecule has 3 atom stereocenters. The number of nitrogens with one attached hydrogen (secondary N) is 1. The minimum atomic E-state index is -0.246. The lowest BCUT2D eigenvalue weighted by Gasteiger charge is -2.43. The van der Waals surface area contributed by atoms with Gasteiger partial charge in [0.25, 0.3) is 5.91 Å². The second kappa shape index (κ2) is 7.09. The van der Waals surface area contributed by atoms with Crippen LogP contribution in [0.3, 0.4) is 0 Å². The van der Waals surface area contributed by atoms with Crippen molar-refractivity contribution in [1.29, 1.82) is 0 Å². The average Bonchev–Trinajstić information content (AvgIpc) is 3.33. The molecule has 1 N–H and O–H groups in total. The third-order valence-electron chi connectivity index (χ3n) is 6.29. The summed E-state index contributed by atoms with van der Waals surface area (Å²) in [6.45, 7) is 2.75. The molecule has 2 aliphatic rings. The van der Waals surface area contributed by atoms with Gasteiger partial charge in [-0.3, -0.25) is 9.89 Å². The summed E-state index contributed by atoms with van der Waals surface area (Å²) in [7, 11) is 3.51. The van der Waals surface area contributed by atoms with E-state index in [0.29, 0.717) is 12.2 Å². The second-order valence-corrected chi connectivity index (χ2v) is 7.70. The molecule has 27 heavy (non-hydrogen) atoms. The molecule has 2 heterocycles. The van der Waals surface area contributed by atoms with Crippen molar-refractivity contribution in [3.05, 3.63) is 41.6 Å². The molecule has 1 saturated carbocycles. The number of ether oxygens (including phenoxy) is 2. The Kier molecular flexibility index (Phi) is 4.78. The first-order chi connectivity index (χ1) is 13.1. The Balaban J connectivity index is 1.56. The molecule has 2 aromatic rings. The highest BCUT2D eigenvalue weighted by Crippen LogP contribution is 2.43. The quantitative estimate of drug-likeness (QED) is 0.899. The largest absolute Gasteiger partial charge is 0.381 e. The summed E-state index contributed by atoms with van der Waals surface area (Å²) in [4.78, 5) is 15.2. The number of amides is 1. The number of likely N-dealkylation sites (tertiary alicyclic amines) is 1. The van der Waals surface area contributed by atoms with E-state index in [2.05, 4.69) is 17.1 Å². The summed E-state index contributed by atoms with van der Waals surface area (Å²) < 4.78 is 11.5. The van der Waals surface area contributed by atoms with E-state index in [0.717, 1.165) is 36.9 Å². The fourth-order valence-corrected chi connectivity index (χ4v) is 4.58. The van der Waals surface area contributed by atoms with Crippen molar-refractivity contribution in [2.75, 3.05) is 20.8 Å². The topological polar surface area (TPSA) is 67.5 Å². The molecule has 4 rings (SSSR count). The number of hydrogen-bond donors (Lipinski definition) is 1. The lowest BCUT2D eigenvalue weighted by molar-refractivity contribution is -0.0894. The van der Waals surface area contributed by atoms with Crippen LogP contribution >= 0.6 is 0 Å². The van der Waals surface area contributed by atoms with E-state index < -0.39 is 0 Å².